The maximum Gasteiger partial charge on any atom is -1.00 e. The molecule has 0 nitrogen and oxygen atoms in total. The van der Waals surface area contributed by atoms with Crippen molar-refractivity contribution in [3.63, 3.8) is 0 Å². The standard InChI is InChI=1S/C17H17.C15H11.C13H10.2ClH.Zr/c1-3-12-5-7-16-14(9-12)11-15-10-13(4-2)6-8-17(15)16;1-2-6-12(7-3-1)15-10-13-8-4-5-9-14(13)11-15;1-3-7-12(8-4-1)11-13-9-5-2-6-10-13;;;/h5-11H,3-4H2,1-2H3;1-11H;1-10H;2*1H;/q;;;;;+2/p-2. The van der Waals surface area contributed by atoms with E-state index in [-0.39, 0.29) is 24.8 Å². The first-order valence-corrected chi connectivity index (χ1v) is 20.8. The Labute approximate surface area is 305 Å². The molecule has 0 amide bonds. The van der Waals surface area contributed by atoms with Crippen molar-refractivity contribution in [3.8, 4) is 11.1 Å². The van der Waals surface area contributed by atoms with Crippen LogP contribution in [0.15, 0.2) is 152 Å². The summed E-state index contributed by atoms with van der Waals surface area (Å²) in [6.45, 7) is 4.59. The molecule has 1 unspecified atom stereocenters. The topological polar surface area (TPSA) is 0 Å². The van der Waals surface area contributed by atoms with E-state index < -0.39 is 21.3 Å². The summed E-state index contributed by atoms with van der Waals surface area (Å²) in [5, 5.41) is 0. The second-order valence-corrected chi connectivity index (χ2v) is 18.9. The van der Waals surface area contributed by atoms with Crippen LogP contribution in [0.2, 0.25) is 0 Å². The Morgan fingerprint density at radius 3 is 1.50 bits per heavy atom. The van der Waals surface area contributed by atoms with Crippen LogP contribution in [0.25, 0.3) is 22.8 Å². The molecule has 48 heavy (non-hydrogen) atoms. The maximum atomic E-state index is 2.58. The molecule has 0 heterocycles. The molecule has 2 aliphatic carbocycles. The van der Waals surface area contributed by atoms with E-state index in [0.29, 0.717) is 7.25 Å². The van der Waals surface area contributed by atoms with Gasteiger partial charge < -0.3 is 24.8 Å². The summed E-state index contributed by atoms with van der Waals surface area (Å²) >= 11 is -2.98. The molecule has 6 aromatic rings. The molecular weight excluding hydrogens is 703 g/mol. The molecular formula is C45H38Cl2Zr. The van der Waals surface area contributed by atoms with Gasteiger partial charge in [0.25, 0.3) is 0 Å². The molecule has 6 aromatic carbocycles. The third kappa shape index (κ3) is 6.07. The van der Waals surface area contributed by atoms with Crippen LogP contribution >= 0.6 is 0 Å². The van der Waals surface area contributed by atoms with Crippen LogP contribution in [-0.2, 0) is 34.1 Å². The first kappa shape index (κ1) is 34.3. The van der Waals surface area contributed by atoms with E-state index in [1.165, 1.54) is 55.6 Å². The van der Waals surface area contributed by atoms with Crippen LogP contribution in [-0.4, -0.2) is 3.21 Å². The smallest absolute Gasteiger partial charge is 1.00 e. The van der Waals surface area contributed by atoms with E-state index in [4.69, 9.17) is 0 Å². The van der Waals surface area contributed by atoms with E-state index in [0.717, 1.165) is 12.8 Å². The van der Waals surface area contributed by atoms with Gasteiger partial charge in [0.05, 0.1) is 0 Å². The number of rotatable bonds is 7. The molecule has 0 aromatic heterocycles. The minimum Gasteiger partial charge on any atom is -1.00 e. The van der Waals surface area contributed by atoms with Gasteiger partial charge in [-0.05, 0) is 0 Å². The average molecular weight is 741 g/mol. The van der Waals surface area contributed by atoms with Gasteiger partial charge in [0, 0.05) is 0 Å². The summed E-state index contributed by atoms with van der Waals surface area (Å²) in [7, 11) is 0. The molecule has 0 fully saturated rings. The molecule has 0 N–H and O–H groups in total. The van der Waals surface area contributed by atoms with Crippen LogP contribution in [0.5, 0.6) is 0 Å². The SMILES string of the molecule is CCc1ccc2c(c1)[CH]([Zr+2](=[C](c1ccccc1)c1ccccc1)[CH]1C(c3ccccc3)=Cc3ccccc31)c1cc(CC)ccc1-2.[Cl-].[Cl-]. The summed E-state index contributed by atoms with van der Waals surface area (Å²) in [6.07, 6.45) is 4.61. The van der Waals surface area contributed by atoms with Crippen LogP contribution in [0.4, 0.5) is 0 Å². The predicted octanol–water partition coefficient (Wildman–Crippen LogP) is 5.07. The zero-order valence-electron chi connectivity index (χ0n) is 27.3. The van der Waals surface area contributed by atoms with Gasteiger partial charge >= 0.3 is 283 Å². The number of halogens is 2. The Kier molecular flexibility index (Phi) is 10.6. The van der Waals surface area contributed by atoms with Crippen molar-refractivity contribution in [3.05, 3.63) is 202 Å². The van der Waals surface area contributed by atoms with Crippen LogP contribution in [0.3, 0.4) is 0 Å². The minimum absolute atomic E-state index is 0. The summed E-state index contributed by atoms with van der Waals surface area (Å²) in [6, 6.07) is 58.0. The summed E-state index contributed by atoms with van der Waals surface area (Å²) in [5.74, 6) is 0. The van der Waals surface area contributed by atoms with E-state index in [1.54, 1.807) is 14.3 Å². The van der Waals surface area contributed by atoms with Crippen LogP contribution in [0, 0.1) is 0 Å². The molecule has 0 radical (unpaired) electrons. The Morgan fingerprint density at radius 1 is 0.500 bits per heavy atom. The van der Waals surface area contributed by atoms with E-state index >= 15 is 0 Å². The molecule has 8 rings (SSSR count). The largest absolute Gasteiger partial charge is 1.00 e. The van der Waals surface area contributed by atoms with Gasteiger partial charge in [0.15, 0.2) is 0 Å². The van der Waals surface area contributed by atoms with Crippen molar-refractivity contribution >= 4 is 14.9 Å². The van der Waals surface area contributed by atoms with Crippen molar-refractivity contribution in [2.45, 2.75) is 33.9 Å². The zero-order valence-corrected chi connectivity index (χ0v) is 31.3. The first-order chi connectivity index (χ1) is 22.7. The molecule has 0 aliphatic heterocycles. The molecule has 0 spiro atoms. The molecule has 236 valence electrons. The third-order valence-corrected chi connectivity index (χ3v) is 19.0. The fourth-order valence-corrected chi connectivity index (χ4v) is 18.3. The van der Waals surface area contributed by atoms with E-state index in [9.17, 15) is 0 Å². The normalized spacial score (nSPS) is 13.9. The van der Waals surface area contributed by atoms with E-state index in [1.807, 2.05) is 0 Å². The van der Waals surface area contributed by atoms with Gasteiger partial charge in [-0.3, -0.25) is 0 Å². The Bertz CT molecular complexity index is 2020. The number of hydrogen-bond acceptors (Lipinski definition) is 0. The third-order valence-electron chi connectivity index (χ3n) is 10.0. The van der Waals surface area contributed by atoms with Crippen molar-refractivity contribution in [2.24, 2.45) is 0 Å². The molecule has 3 heteroatoms. The number of allylic oxidation sites excluding steroid dienone is 1. The van der Waals surface area contributed by atoms with Crippen molar-refractivity contribution in [1.29, 1.82) is 0 Å². The Hall–Kier alpha value is -3.61. The first-order valence-electron chi connectivity index (χ1n) is 16.7. The predicted molar refractivity (Wildman–Crippen MR) is 192 cm³/mol. The zero-order chi connectivity index (χ0) is 31.0. The number of aryl methyl sites for hydroxylation is 2. The van der Waals surface area contributed by atoms with Gasteiger partial charge in [0.2, 0.25) is 0 Å². The summed E-state index contributed by atoms with van der Waals surface area (Å²) in [5.41, 5.74) is 17.4. The summed E-state index contributed by atoms with van der Waals surface area (Å²) in [4.78, 5) is 0. The molecule has 0 saturated heterocycles. The molecule has 0 saturated carbocycles. The summed E-state index contributed by atoms with van der Waals surface area (Å²) < 4.78 is 2.35. The quantitative estimate of drug-likeness (QED) is 0.215. The van der Waals surface area contributed by atoms with Crippen molar-refractivity contribution in [2.75, 3.05) is 0 Å². The molecule has 1 atom stereocenters. The number of benzene rings is 6. The van der Waals surface area contributed by atoms with E-state index in [2.05, 4.69) is 172 Å². The minimum atomic E-state index is -2.98. The Balaban J connectivity index is 0.00000201. The molecule has 2 aliphatic rings. The van der Waals surface area contributed by atoms with Gasteiger partial charge in [-0.15, -0.1) is 0 Å². The van der Waals surface area contributed by atoms with Gasteiger partial charge in [-0.25, -0.2) is 0 Å². The Morgan fingerprint density at radius 2 is 0.979 bits per heavy atom. The second-order valence-electron chi connectivity index (χ2n) is 12.6. The number of hydrogen-bond donors (Lipinski definition) is 0. The van der Waals surface area contributed by atoms with Crippen LogP contribution in [0.1, 0.15) is 71.2 Å². The van der Waals surface area contributed by atoms with Gasteiger partial charge in [-0.2, -0.15) is 0 Å². The van der Waals surface area contributed by atoms with Crippen LogP contribution < -0.4 is 24.8 Å². The van der Waals surface area contributed by atoms with Gasteiger partial charge in [-0.1, -0.05) is 0 Å². The monoisotopic (exact) mass is 738 g/mol. The van der Waals surface area contributed by atoms with Crippen molar-refractivity contribution < 1.29 is 46.1 Å². The van der Waals surface area contributed by atoms with Gasteiger partial charge in [0.1, 0.15) is 0 Å². The maximum absolute atomic E-state index is 2.98. The fraction of sp³-hybridized carbons (Fsp3) is 0.133. The fourth-order valence-electron chi connectivity index (χ4n) is 7.84. The average Bonchev–Trinajstić information content (AvgIpc) is 3.67. The molecule has 0 bridgehead atoms. The number of fused-ring (bicyclic) bond motifs is 4. The van der Waals surface area contributed by atoms with Crippen molar-refractivity contribution in [1.82, 2.24) is 0 Å². The second kappa shape index (κ2) is 14.9.